The van der Waals surface area contributed by atoms with Crippen LogP contribution in [0.5, 0.6) is 0 Å². The average molecular weight is 1160 g/mol. The summed E-state index contributed by atoms with van der Waals surface area (Å²) in [5.41, 5.74) is 4.98. The molecule has 2 N–H and O–H groups in total. The number of aromatic nitrogens is 16. The van der Waals surface area contributed by atoms with Gasteiger partial charge in [0.1, 0.15) is 75.0 Å². The molecule has 0 saturated heterocycles. The molecule has 8 bridgehead atoms. The Hall–Kier alpha value is -4.13. The topological polar surface area (TPSA) is 215 Å². The lowest BCUT2D eigenvalue weighted by molar-refractivity contribution is 0.778. The van der Waals surface area contributed by atoms with Crippen molar-refractivity contribution in [3.8, 4) is 46.1 Å². The van der Waals surface area contributed by atoms with Crippen LogP contribution in [0.1, 0.15) is 138 Å². The summed E-state index contributed by atoms with van der Waals surface area (Å²) >= 11 is 16.9. The third-order valence-corrected chi connectivity index (χ3v) is 17.5. The quantitative estimate of drug-likeness (QED) is 0.128. The number of nitrogens with one attached hydrogen (secondary N) is 2. The molecule has 2 aliphatic heterocycles. The summed E-state index contributed by atoms with van der Waals surface area (Å²) in [7, 11) is 0. The zero-order chi connectivity index (χ0) is 55.4. The molecule has 0 unspecified atom stereocenters. The van der Waals surface area contributed by atoms with Gasteiger partial charge in [-0.25, -0.2) is 69.8 Å². The third-order valence-electron chi connectivity index (χ3n) is 10.3. The molecule has 17 nitrogen and oxygen atoms in total. The van der Waals surface area contributed by atoms with E-state index in [4.69, 9.17) is 81.4 Å². The van der Waals surface area contributed by atoms with Crippen molar-refractivity contribution in [1.82, 2.24) is 79.7 Å². The van der Waals surface area contributed by atoms with Gasteiger partial charge in [-0.15, -0.1) is 0 Å². The molecule has 402 valence electrons. The van der Waals surface area contributed by atoms with Crippen LogP contribution in [0.15, 0.2) is 30.2 Å². The van der Waals surface area contributed by atoms with Gasteiger partial charge in [-0.05, 0) is 13.8 Å². The zero-order valence-electron chi connectivity index (χ0n) is 46.9. The fourth-order valence-electron chi connectivity index (χ4n) is 7.70. The maximum Gasteiger partial charge on any atom is 0.184 e. The molecule has 0 spiro atoms. The van der Waals surface area contributed by atoms with Gasteiger partial charge < -0.3 is 14.9 Å². The van der Waals surface area contributed by atoms with E-state index in [0.29, 0.717) is 86.3 Å². The zero-order valence-corrected chi connectivity index (χ0v) is 52.6. The third kappa shape index (κ3) is 12.6. The molecule has 0 aromatic carbocycles. The highest BCUT2D eigenvalue weighted by molar-refractivity contribution is 8.04. The molecule has 0 atom stereocenters. The summed E-state index contributed by atoms with van der Waals surface area (Å²) in [6.07, 6.45) is 0. The lowest BCUT2D eigenvalue weighted by atomic mass is 10.3. The first kappa shape index (κ1) is 56.6. The van der Waals surface area contributed by atoms with Gasteiger partial charge in [-0.3, -0.25) is 0 Å². The first-order valence-corrected chi connectivity index (χ1v) is 30.4. The second kappa shape index (κ2) is 20.2. The van der Waals surface area contributed by atoms with Crippen LogP contribution in [0.25, 0.3) is 90.7 Å². The van der Waals surface area contributed by atoms with Gasteiger partial charge >= 0.3 is 0 Å². The number of nitrogens with zero attached hydrogens (tertiary/aromatic N) is 15. The van der Waals surface area contributed by atoms with Crippen molar-refractivity contribution in [2.45, 2.75) is 197 Å². The highest BCUT2D eigenvalue weighted by Crippen LogP contribution is 2.47. The molecule has 76 heavy (non-hydrogen) atoms. The van der Waals surface area contributed by atoms with Crippen molar-refractivity contribution >= 4 is 133 Å². The standard InChI is InChI=1S/C52H66ClN17S6/c1-21-70(22-2)40-31(53)54-23-24(55-40)33-62-32(23)63-34-25-27(58-43(73-49(9,10)11)41(56-25)71-47(3,4)5)36(65-34)67-38-29-30(61-46(76-52(18,19)20)45(60-29)75-51(15,16)17)39(69-38)68-37-28-26(35(64-33)66-37)57-42(72-48(6,7)8)44(59-28)74-50(12,13)14/h21-22H2,1-20H3,(H2,62,63,64,65,66,67,68,69). The molecule has 0 radical (unpaired) electrons. The molecule has 9 heterocycles. The normalized spacial score (nSPS) is 13.5. The fourth-order valence-corrected chi connectivity index (χ4v) is 13.8. The summed E-state index contributed by atoms with van der Waals surface area (Å²) in [4.78, 5) is 83.2. The Balaban J connectivity index is 1.49. The van der Waals surface area contributed by atoms with E-state index in [9.17, 15) is 0 Å². The fraction of sp³-hybridized carbons (Fsp3) is 0.538. The van der Waals surface area contributed by atoms with Crippen LogP contribution in [0.3, 0.4) is 0 Å². The van der Waals surface area contributed by atoms with Crippen LogP contribution < -0.4 is 4.90 Å². The Morgan fingerprint density at radius 2 is 0.566 bits per heavy atom. The van der Waals surface area contributed by atoms with Crippen molar-refractivity contribution < 1.29 is 0 Å². The summed E-state index contributed by atoms with van der Waals surface area (Å²) in [5, 5.41) is 4.78. The minimum absolute atomic E-state index is 0.199. The van der Waals surface area contributed by atoms with Crippen LogP contribution in [0.2, 0.25) is 5.15 Å². The highest BCUT2D eigenvalue weighted by atomic mass is 35.5. The number of anilines is 1. The Labute approximate surface area is 475 Å². The Kier molecular flexibility index (Phi) is 15.0. The van der Waals surface area contributed by atoms with E-state index in [-0.39, 0.29) is 56.9 Å². The molecular weight excluding hydrogens is 1090 g/mol. The Bertz CT molecular complexity index is 3630. The number of hydrogen-bond acceptors (Lipinski definition) is 21. The summed E-state index contributed by atoms with van der Waals surface area (Å²) in [6, 6.07) is 0. The minimum Gasteiger partial charge on any atom is -0.355 e. The number of rotatable bonds is 9. The number of aromatic amines is 2. The van der Waals surface area contributed by atoms with E-state index >= 15 is 0 Å². The summed E-state index contributed by atoms with van der Waals surface area (Å²) in [5.74, 6) is 1.59. The lowest BCUT2D eigenvalue weighted by Crippen LogP contribution is -2.23. The van der Waals surface area contributed by atoms with Crippen molar-refractivity contribution in [2.24, 2.45) is 0 Å². The van der Waals surface area contributed by atoms with Crippen LogP contribution in [0, 0.1) is 0 Å². The number of hydrogen-bond donors (Lipinski definition) is 2. The van der Waals surface area contributed by atoms with Gasteiger partial charge in [0.05, 0.1) is 0 Å². The maximum atomic E-state index is 7.06. The second-order valence-electron chi connectivity index (χ2n) is 24.2. The van der Waals surface area contributed by atoms with Crippen molar-refractivity contribution in [3.05, 3.63) is 5.15 Å². The number of fused-ring (bicyclic) bond motifs is 20. The van der Waals surface area contributed by atoms with Gasteiger partial charge in [0, 0.05) is 41.6 Å². The van der Waals surface area contributed by atoms with E-state index in [0.717, 1.165) is 30.2 Å². The number of H-pyrrole nitrogens is 2. The van der Waals surface area contributed by atoms with Crippen LogP contribution in [-0.4, -0.2) is 121 Å². The van der Waals surface area contributed by atoms with Crippen molar-refractivity contribution in [2.75, 3.05) is 18.0 Å². The first-order valence-electron chi connectivity index (χ1n) is 25.2. The molecular formula is C52H66ClN17S6. The van der Waals surface area contributed by atoms with E-state index in [2.05, 4.69) is 135 Å². The lowest BCUT2D eigenvalue weighted by Gasteiger charge is -2.22. The predicted octanol–water partition coefficient (Wildman–Crippen LogP) is 14.9. The predicted molar refractivity (Wildman–Crippen MR) is 321 cm³/mol. The van der Waals surface area contributed by atoms with E-state index in [1.807, 2.05) is 18.7 Å². The van der Waals surface area contributed by atoms with Crippen molar-refractivity contribution in [1.29, 1.82) is 0 Å². The molecule has 0 aliphatic carbocycles. The van der Waals surface area contributed by atoms with E-state index in [1.54, 1.807) is 70.6 Å². The number of thioether (sulfide) groups is 6. The van der Waals surface area contributed by atoms with Gasteiger partial charge in [0.25, 0.3) is 0 Å². The monoisotopic (exact) mass is 1160 g/mol. The molecule has 0 fully saturated rings. The molecule has 0 saturated carbocycles. The molecule has 9 rings (SSSR count). The maximum absolute atomic E-state index is 7.06. The van der Waals surface area contributed by atoms with Crippen molar-refractivity contribution in [3.63, 3.8) is 0 Å². The minimum atomic E-state index is -0.204. The Morgan fingerprint density at radius 3 is 0.816 bits per heavy atom. The molecule has 0 amide bonds. The summed E-state index contributed by atoms with van der Waals surface area (Å²) < 4.78 is -1.21. The largest absolute Gasteiger partial charge is 0.355 e. The van der Waals surface area contributed by atoms with Gasteiger partial charge in [-0.2, -0.15) is 0 Å². The Morgan fingerprint density at radius 1 is 0.329 bits per heavy atom. The van der Waals surface area contributed by atoms with Gasteiger partial charge in [0.2, 0.25) is 0 Å². The first-order chi connectivity index (χ1) is 35.1. The highest BCUT2D eigenvalue weighted by Gasteiger charge is 2.34. The molecule has 7 aromatic heterocycles. The SMILES string of the molecule is CCN(CC)c1nc2c3nc4nc(nc5[nH]c(nc6nc(nc([nH]3)c2nc1Cl)-c1nc(SC(C)(C)C)c(SC(C)(C)C)nc1-6)c1nc(SC(C)(C)C)c(SC(C)(C)C)nc51)-c1nc(SC(C)(C)C)c(SC(C)(C)C)nc1-4. The molecule has 2 aliphatic rings. The molecule has 7 aromatic rings. The second-order valence-corrected chi connectivity index (χ2v) is 35.4. The van der Waals surface area contributed by atoms with E-state index < -0.39 is 0 Å². The van der Waals surface area contributed by atoms with Gasteiger partial charge in [-0.1, -0.05) is 207 Å². The van der Waals surface area contributed by atoms with E-state index in [1.165, 1.54) is 0 Å². The van der Waals surface area contributed by atoms with Crippen LogP contribution >= 0.6 is 82.2 Å². The summed E-state index contributed by atoms with van der Waals surface area (Å²) in [6.45, 7) is 44.3. The van der Waals surface area contributed by atoms with Crippen LogP contribution in [-0.2, 0) is 0 Å². The number of halogens is 1. The smallest absolute Gasteiger partial charge is 0.184 e. The average Bonchev–Trinajstić information content (AvgIpc) is 3.99. The van der Waals surface area contributed by atoms with Gasteiger partial charge in [0.15, 0.2) is 56.9 Å². The van der Waals surface area contributed by atoms with Crippen LogP contribution in [0.4, 0.5) is 5.82 Å². The molecule has 24 heteroatoms.